The van der Waals surface area contributed by atoms with Crippen molar-refractivity contribution in [1.29, 1.82) is 0 Å². The number of aliphatic imine (C=N–C) groups is 1. The van der Waals surface area contributed by atoms with Gasteiger partial charge in [0, 0.05) is 20.1 Å². The molecule has 0 radical (unpaired) electrons. The normalized spacial score (nSPS) is 16.7. The molecular formula is C8H12F3N7. The molecule has 0 amide bonds. The minimum atomic E-state index is -4.48. The van der Waals surface area contributed by atoms with Gasteiger partial charge >= 0.3 is 6.18 Å². The van der Waals surface area contributed by atoms with E-state index in [2.05, 4.69) is 20.6 Å². The maximum atomic E-state index is 12.6. The average Bonchev–Trinajstić information content (AvgIpc) is 2.73. The van der Waals surface area contributed by atoms with Crippen LogP contribution in [0.1, 0.15) is 11.6 Å². The standard InChI is InChI=1S/C8H12F3N7/c1-13-7(14-12)17-2-3-18-5(4-17)15-16-6(18)8(9,10)11/h2-4,12H2,1H3,(H,13,14). The number of alkyl halides is 3. The van der Waals surface area contributed by atoms with E-state index in [0.717, 1.165) is 4.57 Å². The lowest BCUT2D eigenvalue weighted by Crippen LogP contribution is -2.48. The Morgan fingerprint density at radius 3 is 2.67 bits per heavy atom. The minimum absolute atomic E-state index is 0.137. The van der Waals surface area contributed by atoms with Crippen LogP contribution in [0.2, 0.25) is 0 Å². The summed E-state index contributed by atoms with van der Waals surface area (Å²) in [6.45, 7) is 0.669. The Kier molecular flexibility index (Phi) is 3.11. The third-order valence-corrected chi connectivity index (χ3v) is 2.65. The average molecular weight is 263 g/mol. The highest BCUT2D eigenvalue weighted by atomic mass is 19.4. The fourth-order valence-corrected chi connectivity index (χ4v) is 1.85. The van der Waals surface area contributed by atoms with Gasteiger partial charge in [0.05, 0.1) is 6.54 Å². The van der Waals surface area contributed by atoms with Crippen molar-refractivity contribution >= 4 is 5.96 Å². The number of fused-ring (bicyclic) bond motifs is 1. The van der Waals surface area contributed by atoms with Gasteiger partial charge in [0.2, 0.25) is 11.8 Å². The summed E-state index contributed by atoms with van der Waals surface area (Å²) in [6, 6.07) is 0. The Morgan fingerprint density at radius 1 is 1.39 bits per heavy atom. The molecule has 1 aliphatic rings. The van der Waals surface area contributed by atoms with Crippen molar-refractivity contribution in [1.82, 2.24) is 25.1 Å². The Bertz CT molecular complexity index is 464. The van der Waals surface area contributed by atoms with Crippen molar-refractivity contribution in [2.75, 3.05) is 13.6 Å². The molecule has 0 spiro atoms. The quantitative estimate of drug-likeness (QED) is 0.287. The van der Waals surface area contributed by atoms with Crippen LogP contribution in [0.3, 0.4) is 0 Å². The van der Waals surface area contributed by atoms with Crippen LogP contribution in [0.5, 0.6) is 0 Å². The van der Waals surface area contributed by atoms with Gasteiger partial charge in [-0.3, -0.25) is 10.4 Å². The Labute approximate surface area is 100 Å². The second kappa shape index (κ2) is 4.44. The molecule has 0 saturated heterocycles. The first kappa shape index (κ1) is 12.6. The lowest BCUT2D eigenvalue weighted by molar-refractivity contribution is -0.147. The lowest BCUT2D eigenvalue weighted by atomic mass is 10.3. The highest BCUT2D eigenvalue weighted by molar-refractivity contribution is 5.79. The summed E-state index contributed by atoms with van der Waals surface area (Å²) < 4.78 is 38.9. The van der Waals surface area contributed by atoms with Gasteiger partial charge in [-0.25, -0.2) is 5.84 Å². The molecular weight excluding hydrogens is 251 g/mol. The summed E-state index contributed by atoms with van der Waals surface area (Å²) in [5.41, 5.74) is 2.39. The van der Waals surface area contributed by atoms with Crippen molar-refractivity contribution in [3.05, 3.63) is 11.6 Å². The number of hydrogen-bond donors (Lipinski definition) is 2. The molecule has 0 unspecified atom stereocenters. The first-order chi connectivity index (χ1) is 8.47. The molecule has 0 aromatic carbocycles. The summed E-state index contributed by atoms with van der Waals surface area (Å²) in [4.78, 5) is 5.58. The second-order valence-corrected chi connectivity index (χ2v) is 3.70. The third-order valence-electron chi connectivity index (χ3n) is 2.65. The number of aromatic nitrogens is 3. The molecule has 1 aromatic rings. The van der Waals surface area contributed by atoms with Gasteiger partial charge in [0.15, 0.2) is 5.82 Å². The number of guanidine groups is 1. The van der Waals surface area contributed by atoms with Crippen molar-refractivity contribution in [2.24, 2.45) is 10.8 Å². The molecule has 7 nitrogen and oxygen atoms in total. The predicted molar refractivity (Wildman–Crippen MR) is 56.1 cm³/mol. The largest absolute Gasteiger partial charge is 0.451 e. The highest BCUT2D eigenvalue weighted by Gasteiger charge is 2.39. The number of nitrogens with two attached hydrogens (primary N) is 1. The zero-order chi connectivity index (χ0) is 13.3. The first-order valence-corrected chi connectivity index (χ1v) is 5.15. The first-order valence-electron chi connectivity index (χ1n) is 5.15. The summed E-state index contributed by atoms with van der Waals surface area (Å²) in [7, 11) is 1.54. The van der Waals surface area contributed by atoms with Crippen LogP contribution in [0.15, 0.2) is 4.99 Å². The van der Waals surface area contributed by atoms with Gasteiger partial charge in [0.1, 0.15) is 0 Å². The van der Waals surface area contributed by atoms with E-state index < -0.39 is 12.0 Å². The van der Waals surface area contributed by atoms with Crippen molar-refractivity contribution < 1.29 is 13.2 Å². The molecule has 0 fully saturated rings. The molecule has 1 aromatic heterocycles. The van der Waals surface area contributed by atoms with E-state index in [0.29, 0.717) is 12.5 Å². The molecule has 0 aliphatic carbocycles. The number of nitrogens with one attached hydrogen (secondary N) is 1. The smallest absolute Gasteiger partial charge is 0.333 e. The second-order valence-electron chi connectivity index (χ2n) is 3.70. The number of nitrogens with zero attached hydrogens (tertiary/aromatic N) is 5. The molecule has 0 atom stereocenters. The Morgan fingerprint density at radius 2 is 2.11 bits per heavy atom. The van der Waals surface area contributed by atoms with Crippen LogP contribution in [-0.4, -0.2) is 39.2 Å². The van der Waals surface area contributed by atoms with Crippen molar-refractivity contribution in [3.63, 3.8) is 0 Å². The summed E-state index contributed by atoms with van der Waals surface area (Å²) in [6.07, 6.45) is -4.48. The summed E-state index contributed by atoms with van der Waals surface area (Å²) >= 11 is 0. The molecule has 3 N–H and O–H groups in total. The summed E-state index contributed by atoms with van der Waals surface area (Å²) in [5, 5.41) is 6.74. The molecule has 2 rings (SSSR count). The van der Waals surface area contributed by atoms with Crippen LogP contribution in [0.25, 0.3) is 0 Å². The van der Waals surface area contributed by atoms with Crippen molar-refractivity contribution in [2.45, 2.75) is 19.3 Å². The molecule has 0 bridgehead atoms. The van der Waals surface area contributed by atoms with Gasteiger partial charge < -0.3 is 9.47 Å². The predicted octanol–water partition coefficient (Wildman–Crippen LogP) is -0.438. The van der Waals surface area contributed by atoms with Gasteiger partial charge in [-0.2, -0.15) is 13.2 Å². The van der Waals surface area contributed by atoms with Gasteiger partial charge in [-0.15, -0.1) is 10.2 Å². The SMILES string of the molecule is CN=C(NN)N1CCn2c(nnc2C(F)(F)F)C1. The number of halogens is 3. The van der Waals surface area contributed by atoms with Gasteiger partial charge in [-0.1, -0.05) is 0 Å². The van der Waals surface area contributed by atoms with E-state index in [1.165, 1.54) is 7.05 Å². The number of hydrogen-bond acceptors (Lipinski definition) is 4. The molecule has 100 valence electrons. The topological polar surface area (TPSA) is 84.4 Å². The Hall–Kier alpha value is -1.84. The van der Waals surface area contributed by atoms with Crippen LogP contribution >= 0.6 is 0 Å². The van der Waals surface area contributed by atoms with Crippen LogP contribution in [-0.2, 0) is 19.3 Å². The van der Waals surface area contributed by atoms with Gasteiger partial charge in [-0.05, 0) is 0 Å². The van der Waals surface area contributed by atoms with E-state index in [9.17, 15) is 13.2 Å². The van der Waals surface area contributed by atoms with Crippen LogP contribution < -0.4 is 11.3 Å². The molecule has 10 heteroatoms. The van der Waals surface area contributed by atoms with E-state index in [4.69, 9.17) is 5.84 Å². The van der Waals surface area contributed by atoms with E-state index in [-0.39, 0.29) is 18.9 Å². The minimum Gasteiger partial charge on any atom is -0.333 e. The monoisotopic (exact) mass is 263 g/mol. The summed E-state index contributed by atoms with van der Waals surface area (Å²) in [5.74, 6) is 4.94. The maximum absolute atomic E-state index is 12.6. The molecule has 18 heavy (non-hydrogen) atoms. The zero-order valence-electron chi connectivity index (χ0n) is 9.57. The van der Waals surface area contributed by atoms with E-state index >= 15 is 0 Å². The van der Waals surface area contributed by atoms with Crippen LogP contribution in [0.4, 0.5) is 13.2 Å². The molecule has 2 heterocycles. The van der Waals surface area contributed by atoms with Crippen molar-refractivity contribution in [3.8, 4) is 0 Å². The zero-order valence-corrected chi connectivity index (χ0v) is 9.57. The fourth-order valence-electron chi connectivity index (χ4n) is 1.85. The maximum Gasteiger partial charge on any atom is 0.451 e. The van der Waals surface area contributed by atoms with E-state index in [1.54, 1.807) is 4.90 Å². The number of rotatable bonds is 0. The highest BCUT2D eigenvalue weighted by Crippen LogP contribution is 2.29. The molecule has 1 aliphatic heterocycles. The number of hydrazine groups is 1. The van der Waals surface area contributed by atoms with Gasteiger partial charge in [0.25, 0.3) is 0 Å². The Balaban J connectivity index is 2.25. The van der Waals surface area contributed by atoms with Crippen LogP contribution in [0, 0.1) is 0 Å². The molecule has 0 saturated carbocycles. The third kappa shape index (κ3) is 2.10. The fraction of sp³-hybridized carbons (Fsp3) is 0.625. The van der Waals surface area contributed by atoms with E-state index in [1.807, 2.05) is 0 Å². The lowest BCUT2D eigenvalue weighted by Gasteiger charge is -2.29.